The lowest BCUT2D eigenvalue weighted by atomic mass is 9.95. The number of hydrogen-bond acceptors (Lipinski definition) is 2. The van der Waals surface area contributed by atoms with Crippen LogP contribution in [0.3, 0.4) is 0 Å². The van der Waals surface area contributed by atoms with E-state index in [0.717, 1.165) is 24.3 Å². The maximum Gasteiger partial charge on any atom is 0.573 e. The zero-order valence-electron chi connectivity index (χ0n) is 11.9. The molecule has 0 fully saturated rings. The number of alkyl halides is 6. The molecular weight excluding hydrogens is 336 g/mol. The van der Waals surface area contributed by atoms with Crippen molar-refractivity contribution in [3.05, 3.63) is 53.6 Å². The molecule has 8 heteroatoms. The first-order valence-electron chi connectivity index (χ1n) is 6.54. The second-order valence-corrected chi connectivity index (χ2v) is 4.76. The summed E-state index contributed by atoms with van der Waals surface area (Å²) in [5, 5.41) is 8.60. The molecule has 24 heavy (non-hydrogen) atoms. The monoisotopic (exact) mass is 345 g/mol. The Balaban J connectivity index is 2.63. The van der Waals surface area contributed by atoms with Crippen LogP contribution in [0.5, 0.6) is 5.75 Å². The minimum atomic E-state index is -5.03. The average molecular weight is 345 g/mol. The van der Waals surface area contributed by atoms with Gasteiger partial charge in [0.1, 0.15) is 5.75 Å². The summed E-state index contributed by atoms with van der Waals surface area (Å²) >= 11 is 0. The highest BCUT2D eigenvalue weighted by molar-refractivity contribution is 5.74. The molecule has 126 valence electrons. The Bertz CT molecular complexity index is 773. The van der Waals surface area contributed by atoms with E-state index >= 15 is 0 Å². The van der Waals surface area contributed by atoms with Gasteiger partial charge in [0.15, 0.2) is 0 Å². The first-order chi connectivity index (χ1) is 11.1. The Hall–Kier alpha value is -2.69. The van der Waals surface area contributed by atoms with Crippen molar-refractivity contribution in [1.82, 2.24) is 0 Å². The lowest BCUT2D eigenvalue weighted by molar-refractivity contribution is -0.274. The second-order valence-electron chi connectivity index (χ2n) is 4.76. The summed E-state index contributed by atoms with van der Waals surface area (Å²) in [6, 6.07) is 9.35. The SMILES string of the molecule is N#CCc1ccc(-c2ccccc2OC(F)(F)F)c(C(F)(F)F)c1. The van der Waals surface area contributed by atoms with Crippen molar-refractivity contribution in [2.24, 2.45) is 0 Å². The largest absolute Gasteiger partial charge is 0.573 e. The van der Waals surface area contributed by atoms with Crippen molar-refractivity contribution < 1.29 is 31.1 Å². The van der Waals surface area contributed by atoms with Crippen LogP contribution in [-0.4, -0.2) is 6.36 Å². The van der Waals surface area contributed by atoms with E-state index in [-0.39, 0.29) is 17.5 Å². The van der Waals surface area contributed by atoms with Crippen LogP contribution in [0.2, 0.25) is 0 Å². The molecule has 0 saturated heterocycles. The number of hydrogen-bond donors (Lipinski definition) is 0. The molecule has 0 spiro atoms. The molecule has 0 heterocycles. The van der Waals surface area contributed by atoms with Gasteiger partial charge in [-0.25, -0.2) is 0 Å². The van der Waals surface area contributed by atoms with E-state index in [2.05, 4.69) is 4.74 Å². The van der Waals surface area contributed by atoms with Gasteiger partial charge in [-0.3, -0.25) is 0 Å². The number of nitrogens with zero attached hydrogens (tertiary/aromatic N) is 1. The minimum Gasteiger partial charge on any atom is -0.405 e. The number of ether oxygens (including phenoxy) is 1. The fourth-order valence-corrected chi connectivity index (χ4v) is 2.16. The molecule has 2 rings (SSSR count). The molecule has 0 N–H and O–H groups in total. The van der Waals surface area contributed by atoms with Crippen molar-refractivity contribution in [1.29, 1.82) is 5.26 Å². The predicted octanol–water partition coefficient (Wildman–Crippen LogP) is 5.34. The van der Waals surface area contributed by atoms with Gasteiger partial charge in [0.2, 0.25) is 0 Å². The fraction of sp³-hybridized carbons (Fsp3) is 0.188. The fourth-order valence-electron chi connectivity index (χ4n) is 2.16. The van der Waals surface area contributed by atoms with Crippen molar-refractivity contribution in [3.8, 4) is 22.9 Å². The van der Waals surface area contributed by atoms with Gasteiger partial charge in [-0.15, -0.1) is 13.2 Å². The predicted molar refractivity (Wildman–Crippen MR) is 72.9 cm³/mol. The molecule has 0 aliphatic rings. The Kier molecular flexibility index (Phi) is 4.73. The van der Waals surface area contributed by atoms with Gasteiger partial charge in [-0.05, 0) is 23.3 Å². The summed E-state index contributed by atoms with van der Waals surface area (Å²) in [4.78, 5) is 0. The van der Waals surface area contributed by atoms with Crippen LogP contribution in [0.4, 0.5) is 26.3 Å². The highest BCUT2D eigenvalue weighted by Gasteiger charge is 2.36. The van der Waals surface area contributed by atoms with Crippen molar-refractivity contribution in [2.75, 3.05) is 0 Å². The van der Waals surface area contributed by atoms with Crippen LogP contribution in [0.1, 0.15) is 11.1 Å². The maximum absolute atomic E-state index is 13.3. The van der Waals surface area contributed by atoms with E-state index < -0.39 is 29.4 Å². The molecule has 0 radical (unpaired) electrons. The van der Waals surface area contributed by atoms with Crippen LogP contribution in [-0.2, 0) is 12.6 Å². The van der Waals surface area contributed by atoms with Crippen LogP contribution in [0, 0.1) is 11.3 Å². The Labute approximate surface area is 132 Å². The quantitative estimate of drug-likeness (QED) is 0.704. The third-order valence-corrected chi connectivity index (χ3v) is 3.08. The topological polar surface area (TPSA) is 33.0 Å². The van der Waals surface area contributed by atoms with Gasteiger partial charge in [-0.2, -0.15) is 18.4 Å². The van der Waals surface area contributed by atoms with Crippen LogP contribution in [0.15, 0.2) is 42.5 Å². The van der Waals surface area contributed by atoms with Crippen LogP contribution < -0.4 is 4.74 Å². The van der Waals surface area contributed by atoms with E-state index in [9.17, 15) is 26.3 Å². The first kappa shape index (κ1) is 17.7. The van der Waals surface area contributed by atoms with Gasteiger partial charge >= 0.3 is 12.5 Å². The lowest BCUT2D eigenvalue weighted by Gasteiger charge is -2.17. The molecule has 0 bridgehead atoms. The molecule has 0 aromatic heterocycles. The molecule has 0 saturated carbocycles. The van der Waals surface area contributed by atoms with Crippen molar-refractivity contribution in [2.45, 2.75) is 19.0 Å². The zero-order valence-corrected chi connectivity index (χ0v) is 11.9. The number of nitriles is 1. The van der Waals surface area contributed by atoms with Gasteiger partial charge in [-0.1, -0.05) is 30.3 Å². The van der Waals surface area contributed by atoms with E-state index in [0.29, 0.717) is 0 Å². The Morgan fingerprint density at radius 2 is 1.58 bits per heavy atom. The van der Waals surface area contributed by atoms with E-state index in [1.807, 2.05) is 0 Å². The van der Waals surface area contributed by atoms with Crippen LogP contribution >= 0.6 is 0 Å². The van der Waals surface area contributed by atoms with Crippen molar-refractivity contribution >= 4 is 0 Å². The first-order valence-corrected chi connectivity index (χ1v) is 6.54. The van der Waals surface area contributed by atoms with Gasteiger partial charge in [0.05, 0.1) is 18.1 Å². The molecule has 2 aromatic carbocycles. The Morgan fingerprint density at radius 1 is 0.917 bits per heavy atom. The number of halogens is 6. The average Bonchev–Trinajstić information content (AvgIpc) is 2.46. The number of benzene rings is 2. The maximum atomic E-state index is 13.3. The summed E-state index contributed by atoms with van der Waals surface area (Å²) in [7, 11) is 0. The number of para-hydroxylation sites is 1. The second kappa shape index (κ2) is 6.43. The van der Waals surface area contributed by atoms with Crippen LogP contribution in [0.25, 0.3) is 11.1 Å². The summed E-state index contributed by atoms with van der Waals surface area (Å²) in [5.74, 6) is -0.733. The molecule has 2 aromatic rings. The zero-order chi connectivity index (χ0) is 18.0. The van der Waals surface area contributed by atoms with Gasteiger partial charge in [0, 0.05) is 5.56 Å². The summed E-state index contributed by atoms with van der Waals surface area (Å²) < 4.78 is 81.0. The summed E-state index contributed by atoms with van der Waals surface area (Å²) in [5.41, 5.74) is -1.81. The van der Waals surface area contributed by atoms with E-state index in [1.165, 1.54) is 18.2 Å². The van der Waals surface area contributed by atoms with Crippen molar-refractivity contribution in [3.63, 3.8) is 0 Å². The Morgan fingerprint density at radius 3 is 2.17 bits per heavy atom. The molecule has 2 nitrogen and oxygen atoms in total. The third kappa shape index (κ3) is 4.19. The molecule has 0 amide bonds. The standard InChI is InChI=1S/C16H9F6NO/c17-15(18,19)13-9-10(7-8-23)5-6-11(13)12-3-1-2-4-14(12)24-16(20,21)22/h1-6,9H,7H2. The van der Waals surface area contributed by atoms with Gasteiger partial charge < -0.3 is 4.74 Å². The summed E-state index contributed by atoms with van der Waals surface area (Å²) in [6.07, 6.45) is -10.1. The lowest BCUT2D eigenvalue weighted by Crippen LogP contribution is -2.18. The summed E-state index contributed by atoms with van der Waals surface area (Å²) in [6.45, 7) is 0. The smallest absolute Gasteiger partial charge is 0.405 e. The minimum absolute atomic E-state index is 0.114. The molecule has 0 aliphatic heterocycles. The molecule has 0 unspecified atom stereocenters. The third-order valence-electron chi connectivity index (χ3n) is 3.08. The number of rotatable bonds is 3. The molecule has 0 atom stereocenters. The molecule has 0 aliphatic carbocycles. The highest BCUT2D eigenvalue weighted by Crippen LogP contribution is 2.41. The van der Waals surface area contributed by atoms with Gasteiger partial charge in [0.25, 0.3) is 0 Å². The highest BCUT2D eigenvalue weighted by atomic mass is 19.4. The molecular formula is C16H9F6NO. The normalized spacial score (nSPS) is 11.9. The van der Waals surface area contributed by atoms with E-state index in [1.54, 1.807) is 6.07 Å². The van der Waals surface area contributed by atoms with E-state index in [4.69, 9.17) is 5.26 Å².